The van der Waals surface area contributed by atoms with E-state index in [1.165, 1.54) is 6.20 Å². The van der Waals surface area contributed by atoms with Crippen LogP contribution in [0.4, 0.5) is 10.2 Å². The van der Waals surface area contributed by atoms with Gasteiger partial charge in [-0.05, 0) is 18.2 Å². The van der Waals surface area contributed by atoms with Crippen molar-refractivity contribution in [3.05, 3.63) is 45.9 Å². The van der Waals surface area contributed by atoms with Crippen molar-refractivity contribution in [3.8, 4) is 28.7 Å². The Balaban J connectivity index is 1.74. The fourth-order valence-corrected chi connectivity index (χ4v) is 3.64. The molecule has 0 unspecified atom stereocenters. The number of benzene rings is 1. The molecule has 3 aromatic rings. The zero-order valence-electron chi connectivity index (χ0n) is 14.4. The molecule has 2 aromatic heterocycles. The summed E-state index contributed by atoms with van der Waals surface area (Å²) in [5, 5.41) is 10.4. The number of aromatic nitrogens is 4. The average molecular weight is 467 g/mol. The van der Waals surface area contributed by atoms with Crippen LogP contribution < -0.4 is 4.90 Å². The zero-order chi connectivity index (χ0) is 19.7. The first kappa shape index (κ1) is 19.0. The van der Waals surface area contributed by atoms with Gasteiger partial charge in [0.15, 0.2) is 23.3 Å². The fourth-order valence-electron chi connectivity index (χ4n) is 2.83. The standard InChI is InChI=1S/C18H14BrClFN5O2/c19-10-7-11(15(27)12(20)8-10)16-22-2-1-14(24-16)17-23-9-13(21)18(25-17)26-3-5-28-6-4-26/h1-2,7-9,27H,3-6H2. The van der Waals surface area contributed by atoms with E-state index in [0.717, 1.165) is 6.20 Å². The van der Waals surface area contributed by atoms with Crippen molar-refractivity contribution in [2.45, 2.75) is 0 Å². The van der Waals surface area contributed by atoms with Crippen LogP contribution in [-0.4, -0.2) is 51.3 Å². The molecule has 4 rings (SSSR count). The molecule has 10 heteroatoms. The second-order valence-corrected chi connectivity index (χ2v) is 7.34. The molecule has 0 radical (unpaired) electrons. The molecule has 1 N–H and O–H groups in total. The van der Waals surface area contributed by atoms with Gasteiger partial charge in [-0.15, -0.1) is 0 Å². The first-order valence-corrected chi connectivity index (χ1v) is 9.57. The van der Waals surface area contributed by atoms with Crippen molar-refractivity contribution in [2.75, 3.05) is 31.2 Å². The Kier molecular flexibility index (Phi) is 5.38. The van der Waals surface area contributed by atoms with Gasteiger partial charge in [-0.3, -0.25) is 0 Å². The third kappa shape index (κ3) is 3.78. The normalized spacial score (nSPS) is 14.3. The summed E-state index contributed by atoms with van der Waals surface area (Å²) >= 11 is 9.37. The molecule has 1 aliphatic heterocycles. The van der Waals surface area contributed by atoms with E-state index in [2.05, 4.69) is 35.9 Å². The lowest BCUT2D eigenvalue weighted by molar-refractivity contribution is 0.122. The van der Waals surface area contributed by atoms with Gasteiger partial charge in [0.1, 0.15) is 11.4 Å². The minimum Gasteiger partial charge on any atom is -0.506 e. The molecule has 3 heterocycles. The number of rotatable bonds is 3. The lowest BCUT2D eigenvalue weighted by Crippen LogP contribution is -2.37. The molecule has 1 fully saturated rings. The van der Waals surface area contributed by atoms with Gasteiger partial charge in [-0.1, -0.05) is 27.5 Å². The molecule has 1 saturated heterocycles. The van der Waals surface area contributed by atoms with Crippen molar-refractivity contribution >= 4 is 33.3 Å². The van der Waals surface area contributed by atoms with Gasteiger partial charge in [-0.2, -0.15) is 0 Å². The van der Waals surface area contributed by atoms with E-state index in [1.807, 2.05) is 4.90 Å². The van der Waals surface area contributed by atoms with Gasteiger partial charge in [0, 0.05) is 23.8 Å². The summed E-state index contributed by atoms with van der Waals surface area (Å²) in [5.41, 5.74) is 0.756. The second-order valence-electron chi connectivity index (χ2n) is 6.01. The maximum Gasteiger partial charge on any atom is 0.183 e. The Hall–Kier alpha value is -2.36. The Morgan fingerprint density at radius 2 is 1.93 bits per heavy atom. The number of phenols is 1. The van der Waals surface area contributed by atoms with Crippen molar-refractivity contribution < 1.29 is 14.2 Å². The quantitative estimate of drug-likeness (QED) is 0.630. The summed E-state index contributed by atoms with van der Waals surface area (Å²) in [4.78, 5) is 18.9. The summed E-state index contributed by atoms with van der Waals surface area (Å²) in [6.07, 6.45) is 2.65. The van der Waals surface area contributed by atoms with Gasteiger partial charge in [-0.25, -0.2) is 24.3 Å². The maximum atomic E-state index is 14.3. The van der Waals surface area contributed by atoms with Gasteiger partial charge in [0.25, 0.3) is 0 Å². The topological polar surface area (TPSA) is 84.3 Å². The third-order valence-electron chi connectivity index (χ3n) is 4.19. The molecule has 144 valence electrons. The maximum absolute atomic E-state index is 14.3. The molecule has 0 bridgehead atoms. The summed E-state index contributed by atoms with van der Waals surface area (Å²) < 4.78 is 20.2. The Morgan fingerprint density at radius 3 is 2.71 bits per heavy atom. The SMILES string of the molecule is Oc1c(Cl)cc(Br)cc1-c1nccc(-c2ncc(F)c(N3CCOCC3)n2)n1. The van der Waals surface area contributed by atoms with Crippen molar-refractivity contribution in [3.63, 3.8) is 0 Å². The van der Waals surface area contributed by atoms with E-state index in [0.29, 0.717) is 42.0 Å². The van der Waals surface area contributed by atoms with E-state index in [-0.39, 0.29) is 28.2 Å². The second kappa shape index (κ2) is 7.94. The monoisotopic (exact) mass is 465 g/mol. The third-order valence-corrected chi connectivity index (χ3v) is 4.94. The smallest absolute Gasteiger partial charge is 0.183 e. The van der Waals surface area contributed by atoms with Crippen LogP contribution in [0.1, 0.15) is 0 Å². The van der Waals surface area contributed by atoms with E-state index >= 15 is 0 Å². The molecule has 7 nitrogen and oxygen atoms in total. The van der Waals surface area contributed by atoms with Crippen LogP contribution in [0.2, 0.25) is 5.02 Å². The van der Waals surface area contributed by atoms with Crippen LogP contribution in [0.25, 0.3) is 22.9 Å². The number of halogens is 3. The molecular formula is C18H14BrClFN5O2. The number of nitrogens with zero attached hydrogens (tertiary/aromatic N) is 5. The van der Waals surface area contributed by atoms with Gasteiger partial charge < -0.3 is 14.7 Å². The number of anilines is 1. The lowest BCUT2D eigenvalue weighted by atomic mass is 10.2. The van der Waals surface area contributed by atoms with Crippen LogP contribution >= 0.6 is 27.5 Å². The van der Waals surface area contributed by atoms with Crippen molar-refractivity contribution in [2.24, 2.45) is 0 Å². The molecule has 0 spiro atoms. The number of aromatic hydroxyl groups is 1. The molecule has 28 heavy (non-hydrogen) atoms. The zero-order valence-corrected chi connectivity index (χ0v) is 16.8. The number of hydrogen-bond acceptors (Lipinski definition) is 7. The van der Waals surface area contributed by atoms with E-state index in [9.17, 15) is 9.50 Å². The number of hydrogen-bond donors (Lipinski definition) is 1. The summed E-state index contributed by atoms with van der Waals surface area (Å²) in [6, 6.07) is 4.85. The molecule has 0 saturated carbocycles. The molecule has 0 atom stereocenters. The average Bonchev–Trinajstić information content (AvgIpc) is 2.72. The van der Waals surface area contributed by atoms with Crippen molar-refractivity contribution in [1.82, 2.24) is 19.9 Å². The summed E-state index contributed by atoms with van der Waals surface area (Å²) in [7, 11) is 0. The predicted molar refractivity (Wildman–Crippen MR) is 106 cm³/mol. The first-order chi connectivity index (χ1) is 13.5. The molecule has 1 aliphatic rings. The Bertz CT molecular complexity index is 1030. The molecule has 0 amide bonds. The Morgan fingerprint density at radius 1 is 1.14 bits per heavy atom. The van der Waals surface area contributed by atoms with Crippen LogP contribution in [0, 0.1) is 5.82 Å². The van der Waals surface area contributed by atoms with Crippen LogP contribution in [-0.2, 0) is 4.74 Å². The van der Waals surface area contributed by atoms with E-state index in [1.54, 1.807) is 18.2 Å². The van der Waals surface area contributed by atoms with Gasteiger partial charge in [0.2, 0.25) is 0 Å². The number of morpholine rings is 1. The lowest BCUT2D eigenvalue weighted by Gasteiger charge is -2.28. The summed E-state index contributed by atoms with van der Waals surface area (Å²) in [6.45, 7) is 2.12. The van der Waals surface area contributed by atoms with Crippen LogP contribution in [0.5, 0.6) is 5.75 Å². The van der Waals surface area contributed by atoms with Crippen LogP contribution in [0.15, 0.2) is 35.1 Å². The molecule has 1 aromatic carbocycles. The van der Waals surface area contributed by atoms with Crippen LogP contribution in [0.3, 0.4) is 0 Å². The molecular weight excluding hydrogens is 453 g/mol. The predicted octanol–water partition coefficient (Wildman–Crippen LogP) is 3.70. The highest BCUT2D eigenvalue weighted by molar-refractivity contribution is 9.10. The molecule has 0 aliphatic carbocycles. The van der Waals surface area contributed by atoms with Gasteiger partial charge in [0.05, 0.1) is 30.0 Å². The summed E-state index contributed by atoms with van der Waals surface area (Å²) in [5.74, 6) is 0.0837. The number of ether oxygens (including phenoxy) is 1. The number of phenolic OH excluding ortho intramolecular Hbond substituents is 1. The fraction of sp³-hybridized carbons (Fsp3) is 0.222. The van der Waals surface area contributed by atoms with E-state index < -0.39 is 5.82 Å². The largest absolute Gasteiger partial charge is 0.506 e. The van der Waals surface area contributed by atoms with E-state index in [4.69, 9.17) is 16.3 Å². The first-order valence-electron chi connectivity index (χ1n) is 8.40. The van der Waals surface area contributed by atoms with Gasteiger partial charge >= 0.3 is 0 Å². The highest BCUT2D eigenvalue weighted by Crippen LogP contribution is 2.37. The highest BCUT2D eigenvalue weighted by Gasteiger charge is 2.19. The van der Waals surface area contributed by atoms with Crippen molar-refractivity contribution in [1.29, 1.82) is 0 Å². The Labute approximate surface area is 173 Å². The highest BCUT2D eigenvalue weighted by atomic mass is 79.9. The minimum atomic E-state index is -0.503. The minimum absolute atomic E-state index is 0.129.